The Labute approximate surface area is 398 Å². The first-order valence-electron chi connectivity index (χ1n) is 23.1. The lowest BCUT2D eigenvalue weighted by molar-refractivity contribution is -0.304. The van der Waals surface area contributed by atoms with Crippen LogP contribution >= 0.6 is 11.6 Å². The Balaban J connectivity index is 1.89. The van der Waals surface area contributed by atoms with Crippen molar-refractivity contribution in [2.45, 2.75) is 169 Å². The summed E-state index contributed by atoms with van der Waals surface area (Å²) in [6, 6.07) is -1.11. The SMILES string of the molecule is C[C@H]1C[C@H](O)[C@@H](C)/C=C/C=C/C=C/C=C/C=C/C=C/C=C/C(O[C@@H]2OC[C@@H](O)[C@H](N)[C@@H]2O)C[C@@H]2OC(O)(CC(O)CC(O)C(O)CCC(O)CC(O)CC(=O)O1)C[C@H](O)[C@H]2C(=O)NCCCCl. The predicted molar refractivity (Wildman–Crippen MR) is 249 cm³/mol. The second-order valence-electron chi connectivity index (χ2n) is 17.7. The molecule has 18 nitrogen and oxygen atoms in total. The molecular formula is C48H75ClN2O16. The highest BCUT2D eigenvalue weighted by Crippen LogP contribution is 2.38. The number of rotatable bonds is 6. The lowest BCUT2D eigenvalue weighted by Crippen LogP contribution is -2.59. The molecule has 2 saturated heterocycles. The first-order valence-corrected chi connectivity index (χ1v) is 23.6. The van der Waals surface area contributed by atoms with Gasteiger partial charge in [0, 0.05) is 50.4 Å². The van der Waals surface area contributed by atoms with Gasteiger partial charge in [0.2, 0.25) is 5.91 Å². The van der Waals surface area contributed by atoms with Crippen LogP contribution in [-0.2, 0) is 28.5 Å². The number of carbonyl (C=O) groups excluding carboxylic acids is 2. The van der Waals surface area contributed by atoms with Crippen LogP contribution in [0.15, 0.2) is 85.1 Å². The second-order valence-corrected chi connectivity index (χ2v) is 18.1. The van der Waals surface area contributed by atoms with Crippen LogP contribution in [0.4, 0.5) is 0 Å². The van der Waals surface area contributed by atoms with E-state index in [1.165, 1.54) is 0 Å². The van der Waals surface area contributed by atoms with Crippen molar-refractivity contribution in [2.24, 2.45) is 17.6 Å². The monoisotopic (exact) mass is 970 g/mol. The van der Waals surface area contributed by atoms with Gasteiger partial charge in [-0.3, -0.25) is 9.59 Å². The summed E-state index contributed by atoms with van der Waals surface area (Å²) in [4.78, 5) is 26.1. The van der Waals surface area contributed by atoms with Crippen LogP contribution in [0.5, 0.6) is 0 Å². The van der Waals surface area contributed by atoms with Gasteiger partial charge in [-0.05, 0) is 32.6 Å². The van der Waals surface area contributed by atoms with Crippen molar-refractivity contribution in [3.05, 3.63) is 85.1 Å². The molecule has 3 heterocycles. The molecular weight excluding hydrogens is 896 g/mol. The van der Waals surface area contributed by atoms with E-state index < -0.39 is 135 Å². The van der Waals surface area contributed by atoms with Crippen LogP contribution in [0.2, 0.25) is 0 Å². The van der Waals surface area contributed by atoms with Crippen molar-refractivity contribution in [2.75, 3.05) is 19.0 Å². The minimum Gasteiger partial charge on any atom is -0.462 e. The number of carbonyl (C=O) groups is 2. The van der Waals surface area contributed by atoms with E-state index in [1.807, 2.05) is 37.3 Å². The maximum atomic E-state index is 13.6. The number of aliphatic hydroxyl groups excluding tert-OH is 9. The highest BCUT2D eigenvalue weighted by atomic mass is 35.5. The maximum Gasteiger partial charge on any atom is 0.308 e. The molecule has 0 aromatic carbocycles. The summed E-state index contributed by atoms with van der Waals surface area (Å²) in [5, 5.41) is 111. The number of fused-ring (bicyclic) bond motifs is 2. The standard InChI is InChI=1S/C48H75ClN2O16/c1-30-16-13-11-9-7-5-3-4-6-8-10-12-14-17-35(66-47-45(61)44(50)40(59)29-64-47)26-41-43(46(62)51-21-15-20-49)39(58)28-48(63,67-41)27-34(54)24-38(57)36(55)19-18-32(52)23-33(53)25-42(60)65-31(2)22-37(30)56/h3-14,16-17,30-41,43-45,47,52-59,61,63H,15,18-29,50H2,1-2H3,(H,51,62)/b4-3+,7-5+,8-6+,11-9+,12-10+,16-13+,17-14+/t30-,31-,32?,33?,34?,35?,36?,37-,38?,39-,40+,41-,43+,44-,45-,47-,48?/m0/s1. The van der Waals surface area contributed by atoms with Crippen LogP contribution in [0.1, 0.15) is 78.1 Å². The summed E-state index contributed by atoms with van der Waals surface area (Å²) in [5.74, 6) is -4.86. The largest absolute Gasteiger partial charge is 0.462 e. The molecule has 3 aliphatic heterocycles. The summed E-state index contributed by atoms with van der Waals surface area (Å²) >= 11 is 5.82. The third-order valence-corrected chi connectivity index (χ3v) is 11.9. The molecule has 0 radical (unpaired) electrons. The number of cyclic esters (lactones) is 1. The van der Waals surface area contributed by atoms with Crippen molar-refractivity contribution in [3.8, 4) is 0 Å². The summed E-state index contributed by atoms with van der Waals surface area (Å²) in [5.41, 5.74) is 6.00. The van der Waals surface area contributed by atoms with E-state index in [-0.39, 0.29) is 57.1 Å². The van der Waals surface area contributed by atoms with Gasteiger partial charge in [0.25, 0.3) is 0 Å². The lowest BCUT2D eigenvalue weighted by Gasteiger charge is -2.45. The molecule has 0 aliphatic carbocycles. The van der Waals surface area contributed by atoms with E-state index in [0.29, 0.717) is 6.42 Å². The number of esters is 1. The van der Waals surface area contributed by atoms with Gasteiger partial charge < -0.3 is 81.1 Å². The van der Waals surface area contributed by atoms with Crippen molar-refractivity contribution >= 4 is 23.5 Å². The third kappa shape index (κ3) is 21.6. The van der Waals surface area contributed by atoms with Crippen LogP contribution in [0.25, 0.3) is 0 Å². The minimum atomic E-state index is -2.26. The molecule has 3 aliphatic rings. The molecule has 2 fully saturated rings. The number of amides is 1. The second kappa shape index (κ2) is 30.5. The molecule has 380 valence electrons. The summed E-state index contributed by atoms with van der Waals surface area (Å²) in [6.45, 7) is 3.39. The van der Waals surface area contributed by atoms with Crippen LogP contribution in [-0.4, -0.2) is 173 Å². The molecule has 0 aromatic heterocycles. The average Bonchev–Trinajstić information content (AvgIpc) is 3.24. The molecule has 13 N–H and O–H groups in total. The van der Waals surface area contributed by atoms with Crippen molar-refractivity contribution in [1.82, 2.24) is 5.32 Å². The summed E-state index contributed by atoms with van der Waals surface area (Å²) in [6.07, 6.45) is 6.29. The number of hydrogen-bond donors (Lipinski definition) is 12. The minimum absolute atomic E-state index is 0.0914. The maximum absolute atomic E-state index is 13.6. The van der Waals surface area contributed by atoms with Gasteiger partial charge in [-0.25, -0.2) is 0 Å². The number of nitrogens with two attached hydrogens (primary N) is 1. The zero-order chi connectivity index (χ0) is 49.5. The van der Waals surface area contributed by atoms with Gasteiger partial charge in [0.05, 0.1) is 86.0 Å². The Morgan fingerprint density at radius 3 is 1.99 bits per heavy atom. The quantitative estimate of drug-likeness (QED) is 0.0993. The predicted octanol–water partition coefficient (Wildman–Crippen LogP) is 0.738. The number of allylic oxidation sites excluding steroid dienone is 12. The number of aliphatic hydroxyl groups is 10. The number of alkyl halides is 1. The topological polar surface area (TPSA) is 311 Å². The molecule has 17 atom stereocenters. The number of halogens is 1. The van der Waals surface area contributed by atoms with E-state index >= 15 is 0 Å². The molecule has 1 amide bonds. The van der Waals surface area contributed by atoms with Gasteiger partial charge in [0.1, 0.15) is 12.2 Å². The molecule has 3 rings (SSSR count). The van der Waals surface area contributed by atoms with Crippen molar-refractivity contribution in [3.63, 3.8) is 0 Å². The molecule has 2 bridgehead atoms. The van der Waals surface area contributed by atoms with E-state index in [9.17, 15) is 60.7 Å². The van der Waals surface area contributed by atoms with Gasteiger partial charge in [-0.2, -0.15) is 0 Å². The molecule has 0 spiro atoms. The lowest BCUT2D eigenvalue weighted by atomic mass is 9.82. The molecule has 19 heteroatoms. The first kappa shape index (κ1) is 58.2. The number of nitrogens with one attached hydrogen (secondary N) is 1. The van der Waals surface area contributed by atoms with Crippen LogP contribution < -0.4 is 11.1 Å². The fourth-order valence-corrected chi connectivity index (χ4v) is 8.04. The molecule has 7 unspecified atom stereocenters. The van der Waals surface area contributed by atoms with Gasteiger partial charge in [-0.1, -0.05) is 92.0 Å². The first-order chi connectivity index (χ1) is 31.8. The zero-order valence-electron chi connectivity index (χ0n) is 38.4. The third-order valence-electron chi connectivity index (χ3n) is 11.7. The Bertz CT molecular complexity index is 1680. The fourth-order valence-electron chi connectivity index (χ4n) is 7.91. The van der Waals surface area contributed by atoms with Crippen molar-refractivity contribution < 1.29 is 79.6 Å². The van der Waals surface area contributed by atoms with Crippen LogP contribution in [0.3, 0.4) is 0 Å². The highest BCUT2D eigenvalue weighted by Gasteiger charge is 2.50. The zero-order valence-corrected chi connectivity index (χ0v) is 39.1. The van der Waals surface area contributed by atoms with E-state index in [0.717, 1.165) is 0 Å². The smallest absolute Gasteiger partial charge is 0.308 e. The summed E-state index contributed by atoms with van der Waals surface area (Å²) < 4.78 is 23.2. The van der Waals surface area contributed by atoms with E-state index in [4.69, 9.17) is 36.3 Å². The Morgan fingerprint density at radius 2 is 1.36 bits per heavy atom. The van der Waals surface area contributed by atoms with E-state index in [2.05, 4.69) is 5.32 Å². The highest BCUT2D eigenvalue weighted by molar-refractivity contribution is 6.17. The molecule has 0 saturated carbocycles. The Kier molecular flexibility index (Phi) is 26.4. The normalized spacial score (nSPS) is 42.2. The molecule has 67 heavy (non-hydrogen) atoms. The Hall–Kier alpha value is -3.15. The number of ether oxygens (including phenoxy) is 4. The van der Waals surface area contributed by atoms with Gasteiger partial charge in [0.15, 0.2) is 12.1 Å². The van der Waals surface area contributed by atoms with Crippen molar-refractivity contribution in [1.29, 1.82) is 0 Å². The number of hydrogen-bond acceptors (Lipinski definition) is 17. The fraction of sp³-hybridized carbons (Fsp3) is 0.667. The van der Waals surface area contributed by atoms with Gasteiger partial charge in [-0.15, -0.1) is 11.6 Å². The van der Waals surface area contributed by atoms with Gasteiger partial charge >= 0.3 is 5.97 Å². The van der Waals surface area contributed by atoms with Crippen LogP contribution in [0, 0.1) is 11.8 Å². The van der Waals surface area contributed by atoms with E-state index in [1.54, 1.807) is 61.6 Å². The Morgan fingerprint density at radius 1 is 0.746 bits per heavy atom. The summed E-state index contributed by atoms with van der Waals surface area (Å²) in [7, 11) is 0. The average molecular weight is 972 g/mol. The molecule has 0 aromatic rings.